The van der Waals surface area contributed by atoms with Gasteiger partial charge in [-0.25, -0.2) is 0 Å². The Morgan fingerprint density at radius 2 is 1.20 bits per heavy atom. The van der Waals surface area contributed by atoms with Crippen molar-refractivity contribution in [2.45, 2.75) is 5.41 Å². The lowest BCUT2D eigenvalue weighted by molar-refractivity contribution is 0.436. The first-order valence-electron chi connectivity index (χ1n) is 13.7. The molecule has 2 aromatic heterocycles. The Labute approximate surface area is 229 Å². The number of furan rings is 1. The summed E-state index contributed by atoms with van der Waals surface area (Å²) in [4.78, 5) is 3.86. The maximum atomic E-state index is 6.49. The number of fused-ring (bicyclic) bond motifs is 17. The van der Waals surface area contributed by atoms with Gasteiger partial charge in [0.25, 0.3) is 0 Å². The van der Waals surface area contributed by atoms with Gasteiger partial charge in [0.05, 0.1) is 10.9 Å². The molecule has 3 nitrogen and oxygen atoms in total. The van der Waals surface area contributed by atoms with Crippen LogP contribution in [0.25, 0.3) is 54.9 Å². The van der Waals surface area contributed by atoms with Crippen LogP contribution in [0.3, 0.4) is 0 Å². The second-order valence-corrected chi connectivity index (χ2v) is 10.9. The van der Waals surface area contributed by atoms with E-state index in [0.29, 0.717) is 0 Å². The van der Waals surface area contributed by atoms with E-state index in [-0.39, 0.29) is 0 Å². The maximum absolute atomic E-state index is 6.49. The van der Waals surface area contributed by atoms with Crippen LogP contribution in [0.15, 0.2) is 126 Å². The molecule has 0 atom stereocenters. The number of para-hydroxylation sites is 3. The van der Waals surface area contributed by atoms with E-state index in [9.17, 15) is 0 Å². The van der Waals surface area contributed by atoms with Crippen molar-refractivity contribution in [3.05, 3.63) is 144 Å². The predicted octanol–water partition coefficient (Wildman–Crippen LogP) is 9.69. The zero-order valence-corrected chi connectivity index (χ0v) is 21.4. The van der Waals surface area contributed by atoms with Gasteiger partial charge in [-0.1, -0.05) is 91.0 Å². The number of nitrogens with one attached hydrogen (secondary N) is 1. The van der Waals surface area contributed by atoms with Gasteiger partial charge in [0, 0.05) is 43.8 Å². The summed E-state index contributed by atoms with van der Waals surface area (Å²) in [5.74, 6) is 1.82. The molecule has 0 bridgehead atoms. The first-order chi connectivity index (χ1) is 19.8. The summed E-state index contributed by atoms with van der Waals surface area (Å²) in [5.41, 5.74) is 11.1. The first-order valence-corrected chi connectivity index (χ1v) is 13.7. The van der Waals surface area contributed by atoms with E-state index in [0.717, 1.165) is 39.1 Å². The molecule has 3 heterocycles. The molecule has 186 valence electrons. The van der Waals surface area contributed by atoms with Crippen molar-refractivity contribution < 1.29 is 9.15 Å². The van der Waals surface area contributed by atoms with Crippen LogP contribution in [0, 0.1) is 0 Å². The summed E-state index contributed by atoms with van der Waals surface area (Å²) in [5, 5.41) is 4.74. The number of ether oxygens (including phenoxy) is 1. The number of rotatable bonds is 0. The standard InChI is InChI=1S/C37H21NO2/c1-3-11-24-21(9-1)33-27(37(24)25-12-4-7-15-30(25)40-31-16-8-5-13-26(31)37)18-17-23-34-28(38-36(23)33)19-20-32-35(34)22-10-2-6-14-29(22)39-32/h1-20,38H. The second kappa shape index (κ2) is 7.02. The fourth-order valence-corrected chi connectivity index (χ4v) is 7.62. The summed E-state index contributed by atoms with van der Waals surface area (Å²) >= 11 is 0. The van der Waals surface area contributed by atoms with Crippen molar-refractivity contribution in [1.29, 1.82) is 0 Å². The third-order valence-corrected chi connectivity index (χ3v) is 9.08. The number of hydrogen-bond donors (Lipinski definition) is 1. The molecule has 10 rings (SSSR count). The number of benzene rings is 6. The van der Waals surface area contributed by atoms with Gasteiger partial charge in [-0.3, -0.25) is 0 Å². The van der Waals surface area contributed by atoms with Crippen molar-refractivity contribution in [3.8, 4) is 22.6 Å². The first kappa shape index (κ1) is 20.7. The minimum atomic E-state index is -0.472. The molecule has 0 fully saturated rings. The molecule has 1 aliphatic carbocycles. The van der Waals surface area contributed by atoms with Crippen LogP contribution >= 0.6 is 0 Å². The minimum Gasteiger partial charge on any atom is -0.457 e. The van der Waals surface area contributed by atoms with Crippen molar-refractivity contribution in [2.75, 3.05) is 0 Å². The lowest BCUT2D eigenvalue weighted by Gasteiger charge is -2.39. The molecule has 0 saturated heterocycles. The quantitative estimate of drug-likeness (QED) is 0.220. The molecule has 3 heteroatoms. The summed E-state index contributed by atoms with van der Waals surface area (Å²) in [6.07, 6.45) is 0. The van der Waals surface area contributed by atoms with Crippen LogP contribution in [-0.2, 0) is 5.41 Å². The lowest BCUT2D eigenvalue weighted by Crippen LogP contribution is -2.32. The molecule has 1 aliphatic heterocycles. The highest BCUT2D eigenvalue weighted by molar-refractivity contribution is 6.28. The van der Waals surface area contributed by atoms with Crippen molar-refractivity contribution in [2.24, 2.45) is 0 Å². The zero-order valence-electron chi connectivity index (χ0n) is 21.4. The highest BCUT2D eigenvalue weighted by Crippen LogP contribution is 2.63. The summed E-state index contributed by atoms with van der Waals surface area (Å²) in [6, 6.07) is 43.1. The number of H-pyrrole nitrogens is 1. The van der Waals surface area contributed by atoms with Crippen molar-refractivity contribution in [3.63, 3.8) is 0 Å². The van der Waals surface area contributed by atoms with Crippen LogP contribution in [0.5, 0.6) is 11.5 Å². The molecule has 0 radical (unpaired) electrons. The Balaban J connectivity index is 1.41. The predicted molar refractivity (Wildman–Crippen MR) is 160 cm³/mol. The van der Waals surface area contributed by atoms with Gasteiger partial charge >= 0.3 is 0 Å². The molecule has 0 unspecified atom stereocenters. The monoisotopic (exact) mass is 511 g/mol. The Morgan fingerprint density at radius 3 is 2.02 bits per heavy atom. The van der Waals surface area contributed by atoms with Crippen LogP contribution in [0.4, 0.5) is 0 Å². The van der Waals surface area contributed by atoms with Crippen LogP contribution < -0.4 is 4.74 Å². The third kappa shape index (κ3) is 2.26. The van der Waals surface area contributed by atoms with Crippen molar-refractivity contribution in [1.82, 2.24) is 4.98 Å². The van der Waals surface area contributed by atoms with Gasteiger partial charge in [0.1, 0.15) is 22.7 Å². The van der Waals surface area contributed by atoms with Gasteiger partial charge in [-0.15, -0.1) is 0 Å². The molecule has 1 spiro atoms. The molecule has 40 heavy (non-hydrogen) atoms. The zero-order chi connectivity index (χ0) is 26.0. The second-order valence-electron chi connectivity index (χ2n) is 10.9. The molecular formula is C37H21NO2. The van der Waals surface area contributed by atoms with Gasteiger partial charge in [-0.05, 0) is 47.0 Å². The fraction of sp³-hybridized carbons (Fsp3) is 0.0270. The van der Waals surface area contributed by atoms with Crippen LogP contribution in [0.2, 0.25) is 0 Å². The Bertz CT molecular complexity index is 2320. The average molecular weight is 512 g/mol. The van der Waals surface area contributed by atoms with E-state index in [2.05, 4.69) is 114 Å². The van der Waals surface area contributed by atoms with E-state index in [1.807, 2.05) is 12.1 Å². The molecule has 8 aromatic rings. The highest BCUT2D eigenvalue weighted by Gasteiger charge is 2.51. The summed E-state index contributed by atoms with van der Waals surface area (Å²) < 4.78 is 12.8. The molecule has 1 N–H and O–H groups in total. The number of hydrogen-bond acceptors (Lipinski definition) is 2. The van der Waals surface area contributed by atoms with Gasteiger partial charge < -0.3 is 14.1 Å². The van der Waals surface area contributed by atoms with E-state index in [4.69, 9.17) is 9.15 Å². The Kier molecular flexibility index (Phi) is 3.62. The average Bonchev–Trinajstić information content (AvgIpc) is 3.66. The van der Waals surface area contributed by atoms with Crippen molar-refractivity contribution >= 4 is 43.7 Å². The molecule has 0 saturated carbocycles. The minimum absolute atomic E-state index is 0.472. The van der Waals surface area contributed by atoms with Gasteiger partial charge in [-0.2, -0.15) is 0 Å². The summed E-state index contributed by atoms with van der Waals surface area (Å²) in [7, 11) is 0. The molecule has 6 aromatic carbocycles. The molecule has 2 aliphatic rings. The van der Waals surface area contributed by atoms with Crippen LogP contribution in [0.1, 0.15) is 22.3 Å². The lowest BCUT2D eigenvalue weighted by atomic mass is 9.66. The Morgan fingerprint density at radius 1 is 0.500 bits per heavy atom. The smallest absolute Gasteiger partial charge is 0.136 e. The summed E-state index contributed by atoms with van der Waals surface area (Å²) in [6.45, 7) is 0. The Hall–Kier alpha value is -5.28. The topological polar surface area (TPSA) is 38.2 Å². The van der Waals surface area contributed by atoms with Gasteiger partial charge in [0.2, 0.25) is 0 Å². The largest absolute Gasteiger partial charge is 0.457 e. The van der Waals surface area contributed by atoms with E-state index in [1.54, 1.807) is 0 Å². The normalized spacial score (nSPS) is 14.4. The van der Waals surface area contributed by atoms with E-state index >= 15 is 0 Å². The fourth-order valence-electron chi connectivity index (χ4n) is 7.62. The maximum Gasteiger partial charge on any atom is 0.136 e. The van der Waals surface area contributed by atoms with Gasteiger partial charge in [0.15, 0.2) is 0 Å². The van der Waals surface area contributed by atoms with Crippen LogP contribution in [-0.4, -0.2) is 4.98 Å². The molecular weight excluding hydrogens is 490 g/mol. The van der Waals surface area contributed by atoms with E-state index < -0.39 is 5.41 Å². The highest BCUT2D eigenvalue weighted by atomic mass is 16.5. The van der Waals surface area contributed by atoms with E-state index in [1.165, 1.54) is 49.5 Å². The number of aromatic amines is 1. The SMILES string of the molecule is c1ccc2c(c1)Oc1ccccc1C21c2ccccc2-c2c1ccc1c2[nH]c2ccc3oc4ccccc4c3c21. The molecule has 0 amide bonds. The number of aromatic nitrogens is 1. The third-order valence-electron chi connectivity index (χ3n) is 9.08.